The predicted octanol–water partition coefficient (Wildman–Crippen LogP) is 1.02. The molecule has 0 aliphatic carbocycles. The van der Waals surface area contributed by atoms with Crippen molar-refractivity contribution in [3.05, 3.63) is 17.7 Å². The van der Waals surface area contributed by atoms with Crippen LogP contribution in [0.1, 0.15) is 23.2 Å². The lowest BCUT2D eigenvalue weighted by atomic mass is 10.6. The molecule has 3 nitrogen and oxygen atoms in total. The van der Waals surface area contributed by atoms with Crippen LogP contribution in [0, 0.1) is 6.92 Å². The third kappa shape index (κ3) is 1.07. The quantitative estimate of drug-likeness (QED) is 0.572. The number of aldehydes is 1. The maximum atomic E-state index is 10.3. The number of aryl methyl sites for hydroxylation is 2. The summed E-state index contributed by atoms with van der Waals surface area (Å²) in [5.41, 5.74) is 0.893. The minimum atomic E-state index is 0.514. The van der Waals surface area contributed by atoms with Gasteiger partial charge >= 0.3 is 0 Å². The van der Waals surface area contributed by atoms with Crippen LogP contribution in [0.2, 0.25) is 0 Å². The first kappa shape index (κ1) is 6.99. The molecule has 1 heterocycles. The van der Waals surface area contributed by atoms with Crippen molar-refractivity contribution in [3.63, 3.8) is 0 Å². The van der Waals surface area contributed by atoms with Gasteiger partial charge in [-0.15, -0.1) is 0 Å². The number of rotatable bonds is 2. The molecule has 0 aliphatic rings. The second kappa shape index (κ2) is 2.64. The van der Waals surface area contributed by atoms with Crippen LogP contribution in [-0.4, -0.2) is 15.8 Å². The molecule has 0 saturated carbocycles. The second-order valence-corrected chi connectivity index (χ2v) is 2.14. The second-order valence-electron chi connectivity index (χ2n) is 2.14. The molecule has 54 valence electrons. The Kier molecular flexibility index (Phi) is 1.85. The van der Waals surface area contributed by atoms with Crippen LogP contribution in [0.4, 0.5) is 0 Å². The number of nitrogens with zero attached hydrogens (tertiary/aromatic N) is 2. The van der Waals surface area contributed by atoms with Crippen LogP contribution in [0.25, 0.3) is 0 Å². The first-order valence-corrected chi connectivity index (χ1v) is 3.27. The first-order chi connectivity index (χ1) is 4.77. The Morgan fingerprint density at radius 1 is 1.80 bits per heavy atom. The topological polar surface area (TPSA) is 34.9 Å². The van der Waals surface area contributed by atoms with Crippen LogP contribution in [0.15, 0.2) is 6.20 Å². The highest BCUT2D eigenvalue weighted by atomic mass is 16.1. The zero-order valence-corrected chi connectivity index (χ0v) is 6.16. The maximum absolute atomic E-state index is 10.3. The van der Waals surface area contributed by atoms with Crippen molar-refractivity contribution in [2.75, 3.05) is 0 Å². The van der Waals surface area contributed by atoms with Crippen LogP contribution < -0.4 is 0 Å². The minimum absolute atomic E-state index is 0.514. The molecule has 0 radical (unpaired) electrons. The fraction of sp³-hybridized carbons (Fsp3) is 0.429. The molecule has 0 saturated heterocycles. The normalized spacial score (nSPS) is 9.80. The highest BCUT2D eigenvalue weighted by molar-refractivity contribution is 5.69. The highest BCUT2D eigenvalue weighted by Gasteiger charge is 1.99. The number of carbonyl (C=O) groups excluding carboxylic acids is 1. The Balaban J connectivity index is 3.08. The van der Waals surface area contributed by atoms with Crippen molar-refractivity contribution in [2.24, 2.45) is 0 Å². The van der Waals surface area contributed by atoms with Gasteiger partial charge in [-0.25, -0.2) is 4.98 Å². The molecule has 0 N–H and O–H groups in total. The zero-order chi connectivity index (χ0) is 7.56. The average molecular weight is 138 g/mol. The lowest BCUT2D eigenvalue weighted by Gasteiger charge is -1.94. The number of hydrogen-bond acceptors (Lipinski definition) is 2. The molecule has 0 unspecified atom stereocenters. The molecule has 1 aromatic heterocycles. The van der Waals surface area contributed by atoms with Crippen molar-refractivity contribution in [2.45, 2.75) is 20.4 Å². The van der Waals surface area contributed by atoms with E-state index in [1.165, 1.54) is 0 Å². The molecule has 0 aliphatic heterocycles. The number of carbonyl (C=O) groups is 1. The van der Waals surface area contributed by atoms with E-state index in [-0.39, 0.29) is 0 Å². The zero-order valence-electron chi connectivity index (χ0n) is 6.16. The van der Waals surface area contributed by atoms with Gasteiger partial charge in [-0.3, -0.25) is 4.79 Å². The molecule has 0 spiro atoms. The van der Waals surface area contributed by atoms with E-state index in [0.717, 1.165) is 18.5 Å². The van der Waals surface area contributed by atoms with Crippen LogP contribution in [-0.2, 0) is 6.54 Å². The largest absolute Gasteiger partial charge is 0.329 e. The van der Waals surface area contributed by atoms with Crippen molar-refractivity contribution in [3.8, 4) is 0 Å². The summed E-state index contributed by atoms with van der Waals surface area (Å²) in [6.45, 7) is 4.65. The standard InChI is InChI=1S/C7H10N2O/c1-3-9-4-6(2)8-7(9)5-10/h4-5H,3H2,1-2H3. The molecule has 0 atom stereocenters. The Bertz CT molecular complexity index is 240. The van der Waals surface area contributed by atoms with E-state index in [9.17, 15) is 4.79 Å². The smallest absolute Gasteiger partial charge is 0.185 e. The number of aromatic nitrogens is 2. The molecular formula is C7H10N2O. The molecule has 10 heavy (non-hydrogen) atoms. The van der Waals surface area contributed by atoms with Gasteiger partial charge in [0, 0.05) is 12.7 Å². The van der Waals surface area contributed by atoms with Gasteiger partial charge in [-0.2, -0.15) is 0 Å². The molecule has 3 heteroatoms. The number of imidazole rings is 1. The van der Waals surface area contributed by atoms with E-state index >= 15 is 0 Å². The van der Waals surface area contributed by atoms with Crippen molar-refractivity contribution >= 4 is 6.29 Å². The van der Waals surface area contributed by atoms with Crippen LogP contribution >= 0.6 is 0 Å². The lowest BCUT2D eigenvalue weighted by Crippen LogP contribution is -1.98. The molecular weight excluding hydrogens is 128 g/mol. The van der Waals surface area contributed by atoms with Gasteiger partial charge in [-0.05, 0) is 13.8 Å². The van der Waals surface area contributed by atoms with Crippen molar-refractivity contribution < 1.29 is 4.79 Å². The molecule has 1 aromatic rings. The summed E-state index contributed by atoms with van der Waals surface area (Å²) in [5, 5.41) is 0. The van der Waals surface area contributed by atoms with Gasteiger partial charge in [0.1, 0.15) is 0 Å². The van der Waals surface area contributed by atoms with Gasteiger partial charge in [0.2, 0.25) is 0 Å². The fourth-order valence-electron chi connectivity index (χ4n) is 0.913. The third-order valence-corrected chi connectivity index (χ3v) is 1.37. The van der Waals surface area contributed by atoms with Gasteiger partial charge in [0.25, 0.3) is 0 Å². The minimum Gasteiger partial charge on any atom is -0.329 e. The summed E-state index contributed by atoms with van der Waals surface area (Å²) in [5.74, 6) is 0.514. The summed E-state index contributed by atoms with van der Waals surface area (Å²) in [6.07, 6.45) is 2.64. The van der Waals surface area contributed by atoms with E-state index in [4.69, 9.17) is 0 Å². The van der Waals surface area contributed by atoms with E-state index in [1.807, 2.05) is 24.6 Å². The van der Waals surface area contributed by atoms with E-state index in [1.54, 1.807) is 0 Å². The summed E-state index contributed by atoms with van der Waals surface area (Å²) >= 11 is 0. The summed E-state index contributed by atoms with van der Waals surface area (Å²) in [6, 6.07) is 0. The van der Waals surface area contributed by atoms with Crippen molar-refractivity contribution in [1.82, 2.24) is 9.55 Å². The predicted molar refractivity (Wildman–Crippen MR) is 38.0 cm³/mol. The van der Waals surface area contributed by atoms with Crippen molar-refractivity contribution in [1.29, 1.82) is 0 Å². The SMILES string of the molecule is CCn1cc(C)nc1C=O. The third-order valence-electron chi connectivity index (χ3n) is 1.37. The average Bonchev–Trinajstić information content (AvgIpc) is 2.30. The van der Waals surface area contributed by atoms with E-state index in [0.29, 0.717) is 5.82 Å². The molecule has 0 bridgehead atoms. The molecule has 1 rings (SSSR count). The summed E-state index contributed by atoms with van der Waals surface area (Å²) in [4.78, 5) is 14.3. The molecule has 0 fully saturated rings. The summed E-state index contributed by atoms with van der Waals surface area (Å²) in [7, 11) is 0. The van der Waals surface area contributed by atoms with Gasteiger partial charge in [-0.1, -0.05) is 0 Å². The lowest BCUT2D eigenvalue weighted by molar-refractivity contribution is 0.111. The summed E-state index contributed by atoms with van der Waals surface area (Å²) < 4.78 is 1.82. The Morgan fingerprint density at radius 3 is 2.90 bits per heavy atom. The van der Waals surface area contributed by atoms with E-state index in [2.05, 4.69) is 4.98 Å². The van der Waals surface area contributed by atoms with Crippen LogP contribution in [0.5, 0.6) is 0 Å². The monoisotopic (exact) mass is 138 g/mol. The highest BCUT2D eigenvalue weighted by Crippen LogP contribution is 1.98. The van der Waals surface area contributed by atoms with Gasteiger partial charge in [0.15, 0.2) is 12.1 Å². The Morgan fingerprint density at radius 2 is 2.50 bits per heavy atom. The molecule has 0 amide bonds. The Labute approximate surface area is 59.7 Å². The van der Waals surface area contributed by atoms with Gasteiger partial charge < -0.3 is 4.57 Å². The Hall–Kier alpha value is -1.12. The fourth-order valence-corrected chi connectivity index (χ4v) is 0.913. The maximum Gasteiger partial charge on any atom is 0.185 e. The van der Waals surface area contributed by atoms with Gasteiger partial charge in [0.05, 0.1) is 5.69 Å². The molecule has 0 aromatic carbocycles. The number of hydrogen-bond donors (Lipinski definition) is 0. The first-order valence-electron chi connectivity index (χ1n) is 3.27. The van der Waals surface area contributed by atoms with E-state index < -0.39 is 0 Å². The van der Waals surface area contributed by atoms with Crippen LogP contribution in [0.3, 0.4) is 0 Å².